The standard InChI is InChI=1S/C18H21NO2/c1-14-3-2-4-15(11-14)9-10-19-13-17-7-5-16(6-8-17)12-18(20)21/h2-8,11,19H,9-10,12-13H2,1H3,(H,20,21). The Kier molecular flexibility index (Phi) is 5.52. The lowest BCUT2D eigenvalue weighted by molar-refractivity contribution is -0.136. The molecule has 0 amide bonds. The molecule has 0 saturated heterocycles. The van der Waals surface area contributed by atoms with Crippen LogP contribution in [0.4, 0.5) is 0 Å². The Bertz CT molecular complexity index is 590. The van der Waals surface area contributed by atoms with Gasteiger partial charge >= 0.3 is 5.97 Å². The molecule has 3 nitrogen and oxygen atoms in total. The summed E-state index contributed by atoms with van der Waals surface area (Å²) >= 11 is 0. The largest absolute Gasteiger partial charge is 0.481 e. The summed E-state index contributed by atoms with van der Waals surface area (Å²) in [7, 11) is 0. The molecule has 2 aromatic rings. The second-order valence-electron chi connectivity index (χ2n) is 5.30. The predicted octanol–water partition coefficient (Wildman–Crippen LogP) is 2.95. The molecule has 110 valence electrons. The van der Waals surface area contributed by atoms with Crippen LogP contribution in [0.1, 0.15) is 22.3 Å². The summed E-state index contributed by atoms with van der Waals surface area (Å²) in [6, 6.07) is 16.3. The van der Waals surface area contributed by atoms with Gasteiger partial charge in [-0.1, -0.05) is 54.1 Å². The van der Waals surface area contributed by atoms with Crippen LogP contribution in [0.25, 0.3) is 0 Å². The van der Waals surface area contributed by atoms with Crippen LogP contribution < -0.4 is 5.32 Å². The van der Waals surface area contributed by atoms with E-state index in [1.165, 1.54) is 16.7 Å². The van der Waals surface area contributed by atoms with E-state index in [0.29, 0.717) is 0 Å². The highest BCUT2D eigenvalue weighted by molar-refractivity contribution is 5.70. The van der Waals surface area contributed by atoms with Gasteiger partial charge in [0.2, 0.25) is 0 Å². The zero-order chi connectivity index (χ0) is 15.1. The molecule has 0 radical (unpaired) electrons. The Balaban J connectivity index is 1.74. The van der Waals surface area contributed by atoms with Crippen molar-refractivity contribution in [3.63, 3.8) is 0 Å². The Morgan fingerprint density at radius 3 is 2.43 bits per heavy atom. The van der Waals surface area contributed by atoms with Gasteiger partial charge in [0.15, 0.2) is 0 Å². The van der Waals surface area contributed by atoms with Gasteiger partial charge in [0, 0.05) is 6.54 Å². The monoisotopic (exact) mass is 283 g/mol. The Hall–Kier alpha value is -2.13. The summed E-state index contributed by atoms with van der Waals surface area (Å²) in [6.07, 6.45) is 1.10. The molecular weight excluding hydrogens is 262 g/mol. The number of carboxylic acid groups (broad SMARTS) is 1. The molecule has 2 N–H and O–H groups in total. The van der Waals surface area contributed by atoms with E-state index >= 15 is 0 Å². The van der Waals surface area contributed by atoms with Crippen LogP contribution >= 0.6 is 0 Å². The first-order valence-corrected chi connectivity index (χ1v) is 7.19. The van der Waals surface area contributed by atoms with Gasteiger partial charge in [-0.15, -0.1) is 0 Å². The zero-order valence-electron chi connectivity index (χ0n) is 12.3. The molecular formula is C18H21NO2. The van der Waals surface area contributed by atoms with Gasteiger partial charge in [0.1, 0.15) is 0 Å². The van der Waals surface area contributed by atoms with E-state index in [0.717, 1.165) is 25.1 Å². The third-order valence-electron chi connectivity index (χ3n) is 3.38. The predicted molar refractivity (Wildman–Crippen MR) is 84.4 cm³/mol. The number of hydrogen-bond donors (Lipinski definition) is 2. The molecule has 0 aliphatic heterocycles. The minimum Gasteiger partial charge on any atom is -0.481 e. The van der Waals surface area contributed by atoms with Gasteiger partial charge in [-0.25, -0.2) is 0 Å². The van der Waals surface area contributed by atoms with Crippen molar-refractivity contribution < 1.29 is 9.90 Å². The summed E-state index contributed by atoms with van der Waals surface area (Å²) in [5.41, 5.74) is 4.65. The fourth-order valence-corrected chi connectivity index (χ4v) is 2.28. The maximum absolute atomic E-state index is 10.6. The third kappa shape index (κ3) is 5.40. The van der Waals surface area contributed by atoms with Gasteiger partial charge in [0.05, 0.1) is 6.42 Å². The molecule has 2 aromatic carbocycles. The van der Waals surface area contributed by atoms with Crippen molar-refractivity contribution in [2.24, 2.45) is 0 Å². The number of aryl methyl sites for hydroxylation is 1. The lowest BCUT2D eigenvalue weighted by Gasteiger charge is -2.06. The molecule has 0 aliphatic carbocycles. The first kappa shape index (κ1) is 15.3. The molecule has 0 aliphatic rings. The molecule has 2 rings (SSSR count). The van der Waals surface area contributed by atoms with Crippen molar-refractivity contribution in [2.45, 2.75) is 26.3 Å². The smallest absolute Gasteiger partial charge is 0.307 e. The van der Waals surface area contributed by atoms with Crippen molar-refractivity contribution >= 4 is 5.97 Å². The van der Waals surface area contributed by atoms with Gasteiger partial charge in [0.25, 0.3) is 0 Å². The first-order valence-electron chi connectivity index (χ1n) is 7.19. The van der Waals surface area contributed by atoms with Crippen LogP contribution in [0, 0.1) is 6.92 Å². The highest BCUT2D eigenvalue weighted by atomic mass is 16.4. The third-order valence-corrected chi connectivity index (χ3v) is 3.38. The summed E-state index contributed by atoms with van der Waals surface area (Å²) in [5, 5.41) is 12.1. The normalized spacial score (nSPS) is 10.5. The maximum atomic E-state index is 10.6. The van der Waals surface area contributed by atoms with E-state index < -0.39 is 5.97 Å². The Labute approximate surface area is 125 Å². The highest BCUT2D eigenvalue weighted by Gasteiger charge is 2.00. The molecule has 0 bridgehead atoms. The number of aliphatic carboxylic acids is 1. The second-order valence-corrected chi connectivity index (χ2v) is 5.30. The molecule has 0 atom stereocenters. The minimum absolute atomic E-state index is 0.0844. The first-order chi connectivity index (χ1) is 10.1. The lowest BCUT2D eigenvalue weighted by Crippen LogP contribution is -2.16. The van der Waals surface area contributed by atoms with E-state index in [1.807, 2.05) is 24.3 Å². The molecule has 0 spiro atoms. The number of benzene rings is 2. The van der Waals surface area contributed by atoms with E-state index in [1.54, 1.807) is 0 Å². The van der Waals surface area contributed by atoms with Crippen molar-refractivity contribution in [1.82, 2.24) is 5.32 Å². The van der Waals surface area contributed by atoms with E-state index in [-0.39, 0.29) is 6.42 Å². The number of nitrogens with one attached hydrogen (secondary N) is 1. The molecule has 0 aromatic heterocycles. The Morgan fingerprint density at radius 2 is 1.76 bits per heavy atom. The second kappa shape index (κ2) is 7.60. The van der Waals surface area contributed by atoms with Crippen LogP contribution in [0.15, 0.2) is 48.5 Å². The summed E-state index contributed by atoms with van der Waals surface area (Å²) < 4.78 is 0. The number of rotatable bonds is 7. The van der Waals surface area contributed by atoms with Crippen LogP contribution in [0.3, 0.4) is 0 Å². The van der Waals surface area contributed by atoms with Crippen molar-refractivity contribution in [3.05, 3.63) is 70.8 Å². The van der Waals surface area contributed by atoms with Gasteiger partial charge < -0.3 is 10.4 Å². The van der Waals surface area contributed by atoms with Crippen LogP contribution in [0.2, 0.25) is 0 Å². The maximum Gasteiger partial charge on any atom is 0.307 e. The zero-order valence-corrected chi connectivity index (χ0v) is 12.3. The van der Waals surface area contributed by atoms with E-state index in [4.69, 9.17) is 5.11 Å². The number of hydrogen-bond acceptors (Lipinski definition) is 2. The number of carbonyl (C=O) groups is 1. The number of carboxylic acids is 1. The van der Waals surface area contributed by atoms with Crippen molar-refractivity contribution in [1.29, 1.82) is 0 Å². The van der Waals surface area contributed by atoms with Crippen LogP contribution in [-0.2, 0) is 24.2 Å². The van der Waals surface area contributed by atoms with Gasteiger partial charge in [-0.2, -0.15) is 0 Å². The fraction of sp³-hybridized carbons (Fsp3) is 0.278. The molecule has 0 fully saturated rings. The highest BCUT2D eigenvalue weighted by Crippen LogP contribution is 2.06. The summed E-state index contributed by atoms with van der Waals surface area (Å²) in [5.74, 6) is -0.793. The molecule has 21 heavy (non-hydrogen) atoms. The molecule has 0 saturated carbocycles. The molecule has 0 unspecified atom stereocenters. The minimum atomic E-state index is -0.793. The van der Waals surface area contributed by atoms with Crippen molar-refractivity contribution in [3.8, 4) is 0 Å². The topological polar surface area (TPSA) is 49.3 Å². The SMILES string of the molecule is Cc1cccc(CCNCc2ccc(CC(=O)O)cc2)c1. The summed E-state index contributed by atoms with van der Waals surface area (Å²) in [4.78, 5) is 10.6. The summed E-state index contributed by atoms with van der Waals surface area (Å²) in [6.45, 7) is 3.84. The van der Waals surface area contributed by atoms with E-state index in [2.05, 4.69) is 36.5 Å². The molecule has 0 heterocycles. The van der Waals surface area contributed by atoms with E-state index in [9.17, 15) is 4.79 Å². The average molecular weight is 283 g/mol. The van der Waals surface area contributed by atoms with Crippen LogP contribution in [0.5, 0.6) is 0 Å². The fourth-order valence-electron chi connectivity index (χ4n) is 2.28. The van der Waals surface area contributed by atoms with Gasteiger partial charge in [-0.3, -0.25) is 4.79 Å². The average Bonchev–Trinajstić information content (AvgIpc) is 2.45. The van der Waals surface area contributed by atoms with Crippen LogP contribution in [-0.4, -0.2) is 17.6 Å². The lowest BCUT2D eigenvalue weighted by atomic mass is 10.1. The quantitative estimate of drug-likeness (QED) is 0.768. The molecule has 3 heteroatoms. The Morgan fingerprint density at radius 1 is 1.05 bits per heavy atom. The van der Waals surface area contributed by atoms with Crippen molar-refractivity contribution in [2.75, 3.05) is 6.54 Å². The van der Waals surface area contributed by atoms with Gasteiger partial charge in [-0.05, 0) is 36.6 Å².